The van der Waals surface area contributed by atoms with Crippen molar-refractivity contribution < 1.29 is 0 Å². The summed E-state index contributed by atoms with van der Waals surface area (Å²) in [6.45, 7) is 4.17. The predicted molar refractivity (Wildman–Crippen MR) is 55.9 cm³/mol. The predicted octanol–water partition coefficient (Wildman–Crippen LogP) is 3.20. The Morgan fingerprint density at radius 1 is 1.20 bits per heavy atom. The van der Waals surface area contributed by atoms with E-state index in [1.807, 2.05) is 0 Å². The maximum absolute atomic E-state index is 4.31. The number of hydrogen-bond donors (Lipinski definition) is 1. The average Bonchev–Trinajstić information content (AvgIpc) is 1.84. The van der Waals surface area contributed by atoms with Gasteiger partial charge in [0.2, 0.25) is 0 Å². The molecule has 54 valence electrons. The molecule has 1 aromatic carbocycles. The quantitative estimate of drug-likeness (QED) is 0.540. The Morgan fingerprint density at radius 3 is 2.30 bits per heavy atom. The Labute approximate surface area is 80.6 Å². The summed E-state index contributed by atoms with van der Waals surface area (Å²) in [6, 6.07) is 4.25. The third-order valence-electron chi connectivity index (χ3n) is 1.48. The van der Waals surface area contributed by atoms with Gasteiger partial charge in [0.25, 0.3) is 0 Å². The molecular formula is C8H9IS. The SMILES string of the molecule is Cc1cc(I)c(C)cc1S. The molecule has 0 aliphatic heterocycles. The van der Waals surface area contributed by atoms with Gasteiger partial charge in [-0.15, -0.1) is 12.6 Å². The van der Waals surface area contributed by atoms with Crippen LogP contribution in [0.2, 0.25) is 0 Å². The highest BCUT2D eigenvalue weighted by atomic mass is 127. The van der Waals surface area contributed by atoms with Gasteiger partial charge in [0.15, 0.2) is 0 Å². The summed E-state index contributed by atoms with van der Waals surface area (Å²) in [6.07, 6.45) is 0. The molecular weight excluding hydrogens is 255 g/mol. The molecule has 1 rings (SSSR count). The van der Waals surface area contributed by atoms with Gasteiger partial charge in [0, 0.05) is 8.47 Å². The number of thiol groups is 1. The summed E-state index contributed by atoms with van der Waals surface area (Å²) in [5, 5.41) is 0. The topological polar surface area (TPSA) is 0 Å². The summed E-state index contributed by atoms with van der Waals surface area (Å²) in [5.74, 6) is 0. The van der Waals surface area contributed by atoms with Crippen LogP contribution in [0.1, 0.15) is 11.1 Å². The minimum Gasteiger partial charge on any atom is -0.143 e. The Kier molecular flexibility index (Phi) is 2.63. The molecule has 0 aliphatic rings. The fraction of sp³-hybridized carbons (Fsp3) is 0.250. The van der Waals surface area contributed by atoms with E-state index in [4.69, 9.17) is 0 Å². The van der Waals surface area contributed by atoms with Crippen LogP contribution in [0, 0.1) is 17.4 Å². The second kappa shape index (κ2) is 3.13. The van der Waals surface area contributed by atoms with E-state index in [9.17, 15) is 0 Å². The van der Waals surface area contributed by atoms with E-state index in [1.165, 1.54) is 14.7 Å². The third kappa shape index (κ3) is 1.66. The van der Waals surface area contributed by atoms with Crippen molar-refractivity contribution >= 4 is 35.2 Å². The van der Waals surface area contributed by atoms with Crippen molar-refractivity contribution in [3.8, 4) is 0 Å². The van der Waals surface area contributed by atoms with Crippen LogP contribution in [0.5, 0.6) is 0 Å². The lowest BCUT2D eigenvalue weighted by atomic mass is 10.2. The zero-order chi connectivity index (χ0) is 7.72. The van der Waals surface area contributed by atoms with Gasteiger partial charge in [-0.25, -0.2) is 0 Å². The monoisotopic (exact) mass is 264 g/mol. The third-order valence-corrected chi connectivity index (χ3v) is 3.12. The van der Waals surface area contributed by atoms with Crippen molar-refractivity contribution in [2.75, 3.05) is 0 Å². The average molecular weight is 264 g/mol. The van der Waals surface area contributed by atoms with Crippen molar-refractivity contribution in [3.63, 3.8) is 0 Å². The molecule has 0 fully saturated rings. The zero-order valence-electron chi connectivity index (χ0n) is 5.98. The number of hydrogen-bond acceptors (Lipinski definition) is 1. The van der Waals surface area contributed by atoms with Gasteiger partial charge in [0.1, 0.15) is 0 Å². The van der Waals surface area contributed by atoms with E-state index >= 15 is 0 Å². The number of benzene rings is 1. The molecule has 0 saturated carbocycles. The standard InChI is InChI=1S/C8H9IS/c1-5-4-8(10)6(2)3-7(5)9/h3-4,10H,1-2H3. The lowest BCUT2D eigenvalue weighted by Gasteiger charge is -2.02. The number of halogens is 1. The summed E-state index contributed by atoms with van der Waals surface area (Å²) in [4.78, 5) is 1.08. The van der Waals surface area contributed by atoms with E-state index in [1.54, 1.807) is 0 Å². The van der Waals surface area contributed by atoms with Gasteiger partial charge < -0.3 is 0 Å². The second-order valence-corrected chi connectivity index (χ2v) is 4.03. The van der Waals surface area contributed by atoms with Crippen molar-refractivity contribution in [1.29, 1.82) is 0 Å². The van der Waals surface area contributed by atoms with Crippen LogP contribution < -0.4 is 0 Å². The molecule has 0 spiro atoms. The Balaban J connectivity index is 3.28. The normalized spacial score (nSPS) is 10.0. The molecule has 0 atom stereocenters. The molecule has 10 heavy (non-hydrogen) atoms. The van der Waals surface area contributed by atoms with Crippen LogP contribution in [0.4, 0.5) is 0 Å². The molecule has 1 aromatic rings. The molecule has 0 amide bonds. The van der Waals surface area contributed by atoms with Crippen molar-refractivity contribution in [2.24, 2.45) is 0 Å². The molecule has 0 radical (unpaired) electrons. The van der Waals surface area contributed by atoms with Crippen LogP contribution >= 0.6 is 35.2 Å². The van der Waals surface area contributed by atoms with Crippen LogP contribution in [0.15, 0.2) is 17.0 Å². The molecule has 0 saturated heterocycles. The fourth-order valence-electron chi connectivity index (χ4n) is 0.766. The fourth-order valence-corrected chi connectivity index (χ4v) is 1.65. The minimum atomic E-state index is 1.08. The smallest absolute Gasteiger partial charge is 0.0162 e. The summed E-state index contributed by atoms with van der Waals surface area (Å²) in [7, 11) is 0. The summed E-state index contributed by atoms with van der Waals surface area (Å²) in [5.41, 5.74) is 2.55. The molecule has 0 heterocycles. The molecule has 0 aliphatic carbocycles. The van der Waals surface area contributed by atoms with Gasteiger partial charge in [-0.05, 0) is 59.7 Å². The van der Waals surface area contributed by atoms with Crippen molar-refractivity contribution in [2.45, 2.75) is 18.7 Å². The summed E-state index contributed by atoms with van der Waals surface area (Å²) >= 11 is 6.64. The highest BCUT2D eigenvalue weighted by molar-refractivity contribution is 14.1. The second-order valence-electron chi connectivity index (χ2n) is 2.39. The molecule has 0 aromatic heterocycles. The maximum Gasteiger partial charge on any atom is 0.0162 e. The highest BCUT2D eigenvalue weighted by Gasteiger charge is 1.97. The van der Waals surface area contributed by atoms with Gasteiger partial charge in [-0.3, -0.25) is 0 Å². The van der Waals surface area contributed by atoms with Crippen molar-refractivity contribution in [1.82, 2.24) is 0 Å². The van der Waals surface area contributed by atoms with Crippen LogP contribution in [-0.2, 0) is 0 Å². The molecule has 2 heteroatoms. The van der Waals surface area contributed by atoms with Crippen LogP contribution in [-0.4, -0.2) is 0 Å². The largest absolute Gasteiger partial charge is 0.143 e. The van der Waals surface area contributed by atoms with E-state index in [2.05, 4.69) is 61.2 Å². The minimum absolute atomic E-state index is 1.08. The summed E-state index contributed by atoms with van der Waals surface area (Å²) < 4.78 is 1.31. The Hall–Kier alpha value is 0.300. The van der Waals surface area contributed by atoms with E-state index in [0.717, 1.165) is 4.90 Å². The molecule has 0 N–H and O–H groups in total. The number of aryl methyl sites for hydroxylation is 2. The van der Waals surface area contributed by atoms with Gasteiger partial charge >= 0.3 is 0 Å². The van der Waals surface area contributed by atoms with Gasteiger partial charge in [-0.2, -0.15) is 0 Å². The highest BCUT2D eigenvalue weighted by Crippen LogP contribution is 2.19. The molecule has 0 bridgehead atoms. The lowest BCUT2D eigenvalue weighted by Crippen LogP contribution is -1.83. The van der Waals surface area contributed by atoms with Crippen LogP contribution in [0.3, 0.4) is 0 Å². The van der Waals surface area contributed by atoms with E-state index < -0.39 is 0 Å². The first kappa shape index (κ1) is 8.40. The first-order chi connectivity index (χ1) is 4.61. The van der Waals surface area contributed by atoms with Crippen molar-refractivity contribution in [3.05, 3.63) is 26.8 Å². The van der Waals surface area contributed by atoms with Gasteiger partial charge in [0.05, 0.1) is 0 Å². The first-order valence-corrected chi connectivity index (χ1v) is 4.59. The lowest BCUT2D eigenvalue weighted by molar-refractivity contribution is 1.25. The zero-order valence-corrected chi connectivity index (χ0v) is 9.03. The molecule has 0 unspecified atom stereocenters. The molecule has 0 nitrogen and oxygen atoms in total. The maximum atomic E-state index is 4.31. The Morgan fingerprint density at radius 2 is 1.80 bits per heavy atom. The van der Waals surface area contributed by atoms with E-state index in [0.29, 0.717) is 0 Å². The first-order valence-electron chi connectivity index (χ1n) is 3.07. The number of rotatable bonds is 0. The van der Waals surface area contributed by atoms with Crippen LogP contribution in [0.25, 0.3) is 0 Å². The van der Waals surface area contributed by atoms with E-state index in [-0.39, 0.29) is 0 Å². The Bertz CT molecular complexity index is 205. The van der Waals surface area contributed by atoms with Gasteiger partial charge in [-0.1, -0.05) is 0 Å².